The normalized spacial score (nSPS) is 32.4. The van der Waals surface area contributed by atoms with E-state index >= 15 is 0 Å². The standard InChI is InChI=1S/C28H40N4O6/c1-2-27-9-10-28(38-27)22(21(27)24(34)30-19-20-7-4-3-5-8-20)26(36)32(12-6-16-33)23(28)25(35)29-11-13-31-14-17-37-18-15-31/h3-5,7-8,21-23,33H,2,6,9-19H2,1H3,(H,29,35)(H,30,34)/t21-,22-,23?,27+,28?/m0/s1. The molecule has 4 aliphatic rings. The highest BCUT2D eigenvalue weighted by molar-refractivity contribution is 5.99. The van der Waals surface area contributed by atoms with Gasteiger partial charge < -0.3 is 30.1 Å². The van der Waals surface area contributed by atoms with E-state index in [0.29, 0.717) is 58.5 Å². The second kappa shape index (κ2) is 11.3. The second-order valence-electron chi connectivity index (χ2n) is 10.9. The quantitative estimate of drug-likeness (QED) is 0.378. The number of nitrogens with zero attached hydrogens (tertiary/aromatic N) is 2. The number of amides is 3. The molecule has 5 rings (SSSR count). The van der Waals surface area contributed by atoms with E-state index in [2.05, 4.69) is 15.5 Å². The number of rotatable bonds is 11. The Balaban J connectivity index is 1.36. The molecule has 1 aromatic rings. The molecule has 0 saturated carbocycles. The fraction of sp³-hybridized carbons (Fsp3) is 0.679. The number of fused-ring (bicyclic) bond motifs is 1. The van der Waals surface area contributed by atoms with Crippen molar-refractivity contribution in [3.8, 4) is 0 Å². The molecule has 1 aromatic carbocycles. The Morgan fingerprint density at radius 3 is 2.55 bits per heavy atom. The van der Waals surface area contributed by atoms with Crippen LogP contribution in [0, 0.1) is 11.8 Å². The van der Waals surface area contributed by atoms with Crippen LogP contribution < -0.4 is 10.6 Å². The topological polar surface area (TPSA) is 120 Å². The van der Waals surface area contributed by atoms with E-state index in [9.17, 15) is 19.5 Å². The van der Waals surface area contributed by atoms with E-state index in [1.54, 1.807) is 4.90 Å². The Hall–Kier alpha value is -2.53. The summed E-state index contributed by atoms with van der Waals surface area (Å²) in [7, 11) is 0. The lowest BCUT2D eigenvalue weighted by atomic mass is 9.65. The fourth-order valence-corrected chi connectivity index (χ4v) is 7.05. The van der Waals surface area contributed by atoms with Gasteiger partial charge in [-0.05, 0) is 31.2 Å². The number of carbonyl (C=O) groups excluding carboxylic acids is 3. The Morgan fingerprint density at radius 1 is 1.08 bits per heavy atom. The summed E-state index contributed by atoms with van der Waals surface area (Å²) < 4.78 is 12.1. The highest BCUT2D eigenvalue weighted by Gasteiger charge is 2.78. The van der Waals surface area contributed by atoms with Gasteiger partial charge in [0.1, 0.15) is 11.6 Å². The molecule has 3 amide bonds. The molecule has 0 aromatic heterocycles. The van der Waals surface area contributed by atoms with Gasteiger partial charge in [0.2, 0.25) is 17.7 Å². The van der Waals surface area contributed by atoms with Gasteiger partial charge in [0.05, 0.1) is 30.7 Å². The number of carbonyl (C=O) groups is 3. The van der Waals surface area contributed by atoms with Crippen molar-refractivity contribution in [3.05, 3.63) is 35.9 Å². The number of aliphatic hydroxyl groups is 1. The molecule has 4 saturated heterocycles. The van der Waals surface area contributed by atoms with E-state index in [1.165, 1.54) is 0 Å². The van der Waals surface area contributed by atoms with Crippen LogP contribution in [0.4, 0.5) is 0 Å². The molecule has 0 radical (unpaired) electrons. The van der Waals surface area contributed by atoms with Gasteiger partial charge in [-0.25, -0.2) is 0 Å². The van der Waals surface area contributed by atoms with Gasteiger partial charge in [0.15, 0.2) is 0 Å². The first-order valence-electron chi connectivity index (χ1n) is 14.0. The third kappa shape index (κ3) is 4.72. The lowest BCUT2D eigenvalue weighted by Gasteiger charge is -2.34. The molecule has 4 heterocycles. The van der Waals surface area contributed by atoms with Crippen LogP contribution in [0.5, 0.6) is 0 Å². The molecule has 10 nitrogen and oxygen atoms in total. The zero-order valence-corrected chi connectivity index (χ0v) is 22.2. The molecule has 5 atom stereocenters. The molecular formula is C28H40N4O6. The summed E-state index contributed by atoms with van der Waals surface area (Å²) in [6.07, 6.45) is 2.12. The number of nitrogens with one attached hydrogen (secondary N) is 2. The maximum Gasteiger partial charge on any atom is 0.245 e. The Kier molecular flexibility index (Phi) is 8.04. The van der Waals surface area contributed by atoms with E-state index in [1.807, 2.05) is 37.3 Å². The van der Waals surface area contributed by atoms with Crippen LogP contribution in [0.2, 0.25) is 0 Å². The van der Waals surface area contributed by atoms with Crippen molar-refractivity contribution >= 4 is 17.7 Å². The van der Waals surface area contributed by atoms with Gasteiger partial charge in [-0.1, -0.05) is 37.3 Å². The predicted molar refractivity (Wildman–Crippen MR) is 139 cm³/mol. The van der Waals surface area contributed by atoms with E-state index in [-0.39, 0.29) is 30.9 Å². The summed E-state index contributed by atoms with van der Waals surface area (Å²) in [6, 6.07) is 8.84. The minimum Gasteiger partial charge on any atom is -0.396 e. The maximum atomic E-state index is 13.9. The molecular weight excluding hydrogens is 488 g/mol. The molecule has 1 spiro atoms. The molecule has 3 N–H and O–H groups in total. The van der Waals surface area contributed by atoms with Crippen molar-refractivity contribution in [2.24, 2.45) is 11.8 Å². The summed E-state index contributed by atoms with van der Waals surface area (Å²) >= 11 is 0. The van der Waals surface area contributed by atoms with Gasteiger partial charge in [-0.3, -0.25) is 19.3 Å². The zero-order chi connectivity index (χ0) is 26.8. The highest BCUT2D eigenvalue weighted by atomic mass is 16.5. The summed E-state index contributed by atoms with van der Waals surface area (Å²) in [5, 5.41) is 15.6. The second-order valence-corrected chi connectivity index (χ2v) is 10.9. The van der Waals surface area contributed by atoms with Crippen LogP contribution in [0.1, 0.15) is 38.2 Å². The monoisotopic (exact) mass is 528 g/mol. The van der Waals surface area contributed by atoms with Gasteiger partial charge >= 0.3 is 0 Å². The summed E-state index contributed by atoms with van der Waals surface area (Å²) in [5.41, 5.74) is -0.832. The van der Waals surface area contributed by atoms with Crippen molar-refractivity contribution in [1.82, 2.24) is 20.4 Å². The third-order valence-electron chi connectivity index (χ3n) is 8.91. The van der Waals surface area contributed by atoms with Crippen LogP contribution in [0.15, 0.2) is 30.3 Å². The maximum absolute atomic E-state index is 13.9. The molecule has 4 fully saturated rings. The van der Waals surface area contributed by atoms with Crippen molar-refractivity contribution < 1.29 is 29.0 Å². The first kappa shape index (κ1) is 27.1. The summed E-state index contributed by atoms with van der Waals surface area (Å²) in [5.74, 6) is -2.06. The molecule has 2 unspecified atom stereocenters. The van der Waals surface area contributed by atoms with Crippen LogP contribution in [0.25, 0.3) is 0 Å². The average molecular weight is 529 g/mol. The largest absolute Gasteiger partial charge is 0.396 e. The van der Waals surface area contributed by atoms with Crippen molar-refractivity contribution in [2.75, 3.05) is 52.5 Å². The Labute approximate surface area is 224 Å². The van der Waals surface area contributed by atoms with Gasteiger partial charge in [0.25, 0.3) is 0 Å². The highest BCUT2D eigenvalue weighted by Crippen LogP contribution is 2.64. The van der Waals surface area contributed by atoms with Crippen LogP contribution in [-0.2, 0) is 30.4 Å². The van der Waals surface area contributed by atoms with Crippen molar-refractivity contribution in [1.29, 1.82) is 0 Å². The number of ether oxygens (including phenoxy) is 2. The Bertz CT molecular complexity index is 1020. The van der Waals surface area contributed by atoms with Gasteiger partial charge in [-0.15, -0.1) is 0 Å². The van der Waals surface area contributed by atoms with E-state index in [4.69, 9.17) is 9.47 Å². The SMILES string of the molecule is CC[C@]12CCC3(O1)C(C(=O)NCCN1CCOCC1)N(CCCO)C(=O)[C@@H]3[C@H]2C(=O)NCc1ccccc1. The minimum atomic E-state index is -1.04. The van der Waals surface area contributed by atoms with Crippen molar-refractivity contribution in [2.45, 2.75) is 56.4 Å². The molecule has 0 aliphatic carbocycles. The van der Waals surface area contributed by atoms with E-state index < -0.39 is 29.1 Å². The molecule has 2 bridgehead atoms. The molecule has 10 heteroatoms. The molecule has 4 aliphatic heterocycles. The predicted octanol–water partition coefficient (Wildman–Crippen LogP) is 0.288. The van der Waals surface area contributed by atoms with Crippen molar-refractivity contribution in [3.63, 3.8) is 0 Å². The van der Waals surface area contributed by atoms with Crippen LogP contribution >= 0.6 is 0 Å². The fourth-order valence-electron chi connectivity index (χ4n) is 7.05. The number of likely N-dealkylation sites (tertiary alicyclic amines) is 1. The Morgan fingerprint density at radius 2 is 1.84 bits per heavy atom. The number of hydrogen-bond acceptors (Lipinski definition) is 7. The lowest BCUT2D eigenvalue weighted by molar-refractivity contribution is -0.147. The van der Waals surface area contributed by atoms with Crippen LogP contribution in [0.3, 0.4) is 0 Å². The first-order chi connectivity index (χ1) is 18.5. The number of morpholine rings is 1. The summed E-state index contributed by atoms with van der Waals surface area (Å²) in [6.45, 7) is 6.70. The number of benzene rings is 1. The smallest absolute Gasteiger partial charge is 0.245 e. The van der Waals surface area contributed by atoms with Crippen LogP contribution in [-0.4, -0.2) is 102 Å². The number of aliphatic hydroxyl groups excluding tert-OH is 1. The van der Waals surface area contributed by atoms with Gasteiger partial charge in [0, 0.05) is 45.9 Å². The lowest BCUT2D eigenvalue weighted by Crippen LogP contribution is -2.56. The third-order valence-corrected chi connectivity index (χ3v) is 8.91. The minimum absolute atomic E-state index is 0.0897. The van der Waals surface area contributed by atoms with E-state index in [0.717, 1.165) is 18.7 Å². The average Bonchev–Trinajstić information content (AvgIpc) is 3.55. The molecule has 38 heavy (non-hydrogen) atoms. The summed E-state index contributed by atoms with van der Waals surface area (Å²) in [4.78, 5) is 45.2. The zero-order valence-electron chi connectivity index (χ0n) is 22.2. The number of hydrogen-bond donors (Lipinski definition) is 3. The van der Waals surface area contributed by atoms with Gasteiger partial charge in [-0.2, -0.15) is 0 Å². The first-order valence-corrected chi connectivity index (χ1v) is 14.0. The molecule has 208 valence electrons.